The molecule has 0 atom stereocenters. The Morgan fingerprint density at radius 2 is 2.20 bits per heavy atom. The minimum atomic E-state index is -0.913. The lowest BCUT2D eigenvalue weighted by Crippen LogP contribution is -2.02. The summed E-state index contributed by atoms with van der Waals surface area (Å²) in [5, 5.41) is 8.48. The van der Waals surface area contributed by atoms with Crippen LogP contribution in [0.4, 0.5) is 0 Å². The Bertz CT molecular complexity index is 174. The molecule has 1 N–H and O–H groups in total. The fourth-order valence-corrected chi connectivity index (χ4v) is 0.643. The molecule has 0 aliphatic heterocycles. The van der Waals surface area contributed by atoms with Gasteiger partial charge in [-0.25, -0.2) is 4.79 Å². The molecule has 0 heterocycles. The standard InChI is InChI=1S/C8H12O2/c1-4-7(8(9)10)5-6(2)3/h6H,1,5H2,2-3H3,(H,9,10). The molecule has 2 nitrogen and oxygen atoms in total. The maximum Gasteiger partial charge on any atom is 0.339 e. The highest BCUT2D eigenvalue weighted by Crippen LogP contribution is 2.08. The van der Waals surface area contributed by atoms with Crippen LogP contribution in [0.25, 0.3) is 0 Å². The van der Waals surface area contributed by atoms with E-state index < -0.39 is 5.97 Å². The lowest BCUT2D eigenvalue weighted by molar-refractivity contribution is -0.132. The molecular weight excluding hydrogens is 128 g/mol. The van der Waals surface area contributed by atoms with Gasteiger partial charge in [0.1, 0.15) is 0 Å². The normalized spacial score (nSPS) is 9.10. The van der Waals surface area contributed by atoms with E-state index in [4.69, 9.17) is 5.11 Å². The van der Waals surface area contributed by atoms with Crippen molar-refractivity contribution in [3.05, 3.63) is 17.9 Å². The Hall–Kier alpha value is -1.01. The van der Waals surface area contributed by atoms with Crippen LogP contribution in [0.1, 0.15) is 20.3 Å². The summed E-state index contributed by atoms with van der Waals surface area (Å²) in [6.45, 7) is 7.21. The fourth-order valence-electron chi connectivity index (χ4n) is 0.643. The lowest BCUT2D eigenvalue weighted by Gasteiger charge is -2.01. The summed E-state index contributed by atoms with van der Waals surface area (Å²) in [6.07, 6.45) is 0.541. The molecule has 0 aliphatic carbocycles. The third kappa shape index (κ3) is 3.10. The second-order valence-electron chi connectivity index (χ2n) is 2.56. The first-order chi connectivity index (χ1) is 4.57. The first-order valence-electron chi connectivity index (χ1n) is 3.20. The van der Waals surface area contributed by atoms with E-state index in [0.29, 0.717) is 12.3 Å². The van der Waals surface area contributed by atoms with Gasteiger partial charge in [0.15, 0.2) is 0 Å². The van der Waals surface area contributed by atoms with Crippen LogP contribution in [-0.2, 0) is 4.79 Å². The van der Waals surface area contributed by atoms with E-state index in [0.717, 1.165) is 0 Å². The van der Waals surface area contributed by atoms with Crippen molar-refractivity contribution in [3.8, 4) is 0 Å². The van der Waals surface area contributed by atoms with E-state index in [1.807, 2.05) is 13.8 Å². The molecule has 0 rings (SSSR count). The second-order valence-corrected chi connectivity index (χ2v) is 2.56. The quantitative estimate of drug-likeness (QED) is 0.479. The zero-order valence-electron chi connectivity index (χ0n) is 6.35. The molecule has 0 bridgehead atoms. The van der Waals surface area contributed by atoms with Crippen molar-refractivity contribution in [3.63, 3.8) is 0 Å². The molecule has 0 aromatic rings. The van der Waals surface area contributed by atoms with Crippen LogP contribution in [0.5, 0.6) is 0 Å². The largest absolute Gasteiger partial charge is 0.477 e. The zero-order chi connectivity index (χ0) is 8.15. The molecule has 0 aromatic carbocycles. The minimum absolute atomic E-state index is 0.273. The smallest absolute Gasteiger partial charge is 0.339 e. The average molecular weight is 140 g/mol. The molecule has 10 heavy (non-hydrogen) atoms. The van der Waals surface area contributed by atoms with Crippen molar-refractivity contribution < 1.29 is 9.90 Å². The number of carbonyl (C=O) groups is 1. The van der Waals surface area contributed by atoms with Crippen molar-refractivity contribution in [2.45, 2.75) is 20.3 Å². The summed E-state index contributed by atoms with van der Waals surface area (Å²) in [5.41, 5.74) is 2.67. The summed E-state index contributed by atoms with van der Waals surface area (Å²) >= 11 is 0. The van der Waals surface area contributed by atoms with Gasteiger partial charge < -0.3 is 5.11 Å². The Balaban J connectivity index is 4.13. The van der Waals surface area contributed by atoms with Gasteiger partial charge in [0, 0.05) is 0 Å². The SMILES string of the molecule is C=C=C(CC(C)C)C(=O)O. The Morgan fingerprint density at radius 1 is 1.70 bits per heavy atom. The molecule has 0 amide bonds. The molecule has 0 unspecified atom stereocenters. The van der Waals surface area contributed by atoms with Crippen LogP contribution in [0, 0.1) is 5.92 Å². The summed E-state index contributed by atoms with van der Waals surface area (Å²) in [4.78, 5) is 10.3. The number of aliphatic carboxylic acids is 1. The monoisotopic (exact) mass is 140 g/mol. The van der Waals surface area contributed by atoms with Crippen LogP contribution < -0.4 is 0 Å². The van der Waals surface area contributed by atoms with Gasteiger partial charge in [-0.3, -0.25) is 0 Å². The molecular formula is C8H12O2. The molecule has 0 fully saturated rings. The van der Waals surface area contributed by atoms with E-state index in [1.165, 1.54) is 0 Å². The highest BCUT2D eigenvalue weighted by Gasteiger charge is 2.07. The molecule has 0 spiro atoms. The van der Waals surface area contributed by atoms with E-state index in [-0.39, 0.29) is 5.57 Å². The predicted molar refractivity (Wildman–Crippen MR) is 39.7 cm³/mol. The molecule has 0 aromatic heterocycles. The van der Waals surface area contributed by atoms with Gasteiger partial charge in [-0.2, -0.15) is 0 Å². The Morgan fingerprint density at radius 3 is 2.30 bits per heavy atom. The number of hydrogen-bond donors (Lipinski definition) is 1. The number of carboxylic acids is 1. The van der Waals surface area contributed by atoms with Gasteiger partial charge in [0.25, 0.3) is 0 Å². The molecule has 0 saturated carbocycles. The van der Waals surface area contributed by atoms with Crippen LogP contribution in [0.15, 0.2) is 17.9 Å². The molecule has 0 saturated heterocycles. The zero-order valence-corrected chi connectivity index (χ0v) is 6.35. The van der Waals surface area contributed by atoms with Crippen molar-refractivity contribution in [2.75, 3.05) is 0 Å². The molecule has 0 aliphatic rings. The van der Waals surface area contributed by atoms with Gasteiger partial charge in [0.05, 0.1) is 5.57 Å². The maximum atomic E-state index is 10.3. The van der Waals surface area contributed by atoms with E-state index >= 15 is 0 Å². The topological polar surface area (TPSA) is 37.3 Å². The summed E-state index contributed by atoms with van der Waals surface area (Å²) in [6, 6.07) is 0. The second kappa shape index (κ2) is 3.91. The van der Waals surface area contributed by atoms with Crippen LogP contribution >= 0.6 is 0 Å². The summed E-state index contributed by atoms with van der Waals surface area (Å²) < 4.78 is 0. The van der Waals surface area contributed by atoms with E-state index in [2.05, 4.69) is 12.3 Å². The van der Waals surface area contributed by atoms with Crippen molar-refractivity contribution in [1.29, 1.82) is 0 Å². The van der Waals surface area contributed by atoms with Gasteiger partial charge in [-0.1, -0.05) is 20.4 Å². The van der Waals surface area contributed by atoms with Gasteiger partial charge in [0.2, 0.25) is 0 Å². The van der Waals surface area contributed by atoms with Gasteiger partial charge >= 0.3 is 5.97 Å². The van der Waals surface area contributed by atoms with Crippen molar-refractivity contribution >= 4 is 5.97 Å². The van der Waals surface area contributed by atoms with E-state index in [1.54, 1.807) is 0 Å². The lowest BCUT2D eigenvalue weighted by atomic mass is 10.0. The van der Waals surface area contributed by atoms with E-state index in [9.17, 15) is 4.79 Å². The number of hydrogen-bond acceptors (Lipinski definition) is 1. The third-order valence-electron chi connectivity index (χ3n) is 1.08. The molecule has 56 valence electrons. The highest BCUT2D eigenvalue weighted by atomic mass is 16.4. The molecule has 0 radical (unpaired) electrons. The molecule has 2 heteroatoms. The van der Waals surface area contributed by atoms with Crippen LogP contribution in [0.3, 0.4) is 0 Å². The Kier molecular flexibility index (Phi) is 3.52. The minimum Gasteiger partial charge on any atom is -0.477 e. The average Bonchev–Trinajstić information content (AvgIpc) is 1.81. The van der Waals surface area contributed by atoms with Crippen molar-refractivity contribution in [2.24, 2.45) is 5.92 Å². The van der Waals surface area contributed by atoms with Gasteiger partial charge in [-0.15, -0.1) is 5.73 Å². The fraction of sp³-hybridized carbons (Fsp3) is 0.500. The summed E-state index contributed by atoms with van der Waals surface area (Å²) in [7, 11) is 0. The maximum absolute atomic E-state index is 10.3. The van der Waals surface area contributed by atoms with Crippen LogP contribution in [0.2, 0.25) is 0 Å². The first kappa shape index (κ1) is 8.99. The van der Waals surface area contributed by atoms with Crippen LogP contribution in [-0.4, -0.2) is 11.1 Å². The third-order valence-corrected chi connectivity index (χ3v) is 1.08. The Labute approximate surface area is 60.9 Å². The highest BCUT2D eigenvalue weighted by molar-refractivity contribution is 5.86. The predicted octanol–water partition coefficient (Wildman–Crippen LogP) is 1.83. The first-order valence-corrected chi connectivity index (χ1v) is 3.20. The van der Waals surface area contributed by atoms with Gasteiger partial charge in [-0.05, 0) is 12.3 Å². The number of rotatable bonds is 3. The summed E-state index contributed by atoms with van der Waals surface area (Å²) in [5.74, 6) is -0.566. The van der Waals surface area contributed by atoms with Crippen molar-refractivity contribution in [1.82, 2.24) is 0 Å². The number of carboxylic acid groups (broad SMARTS) is 1.